The van der Waals surface area contributed by atoms with Crippen molar-refractivity contribution in [3.63, 3.8) is 0 Å². The van der Waals surface area contributed by atoms with Crippen molar-refractivity contribution >= 4 is 34.2 Å². The highest BCUT2D eigenvalue weighted by Gasteiger charge is 2.31. The minimum atomic E-state index is -0.461. The van der Waals surface area contributed by atoms with Crippen LogP contribution in [0.15, 0.2) is 0 Å². The van der Waals surface area contributed by atoms with Crippen LogP contribution >= 0.6 is 11.3 Å². The number of hydrogen-bond donors (Lipinski definition) is 1. The second kappa shape index (κ2) is 6.75. The second-order valence-electron chi connectivity index (χ2n) is 4.73. The number of methoxy groups -OCH3 is 1. The van der Waals surface area contributed by atoms with Crippen molar-refractivity contribution in [2.75, 3.05) is 37.4 Å². The number of nitrogen functional groups attached to an aromatic ring is 1. The lowest BCUT2D eigenvalue weighted by atomic mass is 9.98. The van der Waals surface area contributed by atoms with Crippen LogP contribution < -0.4 is 10.6 Å². The fraction of sp³-hybridized carbons (Fsp3) is 0.615. The van der Waals surface area contributed by atoms with Gasteiger partial charge in [0.05, 0.1) is 19.6 Å². The van der Waals surface area contributed by atoms with Crippen molar-refractivity contribution in [2.45, 2.75) is 19.8 Å². The van der Waals surface area contributed by atoms with E-state index in [1.807, 2.05) is 4.90 Å². The van der Waals surface area contributed by atoms with Crippen LogP contribution in [0.4, 0.5) is 10.9 Å². The monoisotopic (exact) mass is 313 g/mol. The van der Waals surface area contributed by atoms with Gasteiger partial charge in [0.15, 0.2) is 15.8 Å². The molecule has 1 fully saturated rings. The van der Waals surface area contributed by atoms with Crippen LogP contribution in [-0.4, -0.2) is 43.7 Å². The van der Waals surface area contributed by atoms with Crippen LogP contribution in [0.2, 0.25) is 0 Å². The topological polar surface area (TPSA) is 94.8 Å². The third kappa shape index (κ3) is 3.44. The molecule has 21 heavy (non-hydrogen) atoms. The zero-order valence-electron chi connectivity index (χ0n) is 12.1. The minimum Gasteiger partial charge on any atom is -0.466 e. The molecule has 0 aromatic carbocycles. The summed E-state index contributed by atoms with van der Waals surface area (Å²) in [5.74, 6) is -0.368. The zero-order chi connectivity index (χ0) is 15.4. The van der Waals surface area contributed by atoms with Crippen molar-refractivity contribution < 1.29 is 19.1 Å². The largest absolute Gasteiger partial charge is 0.466 e. The Kier molecular flexibility index (Phi) is 5.00. The highest BCUT2D eigenvalue weighted by atomic mass is 32.1. The molecule has 0 saturated carbocycles. The number of carbonyl (C=O) groups excluding carboxylic acids is 2. The van der Waals surface area contributed by atoms with Crippen LogP contribution in [0.1, 0.15) is 29.4 Å². The van der Waals surface area contributed by atoms with E-state index in [1.54, 1.807) is 6.92 Å². The first kappa shape index (κ1) is 15.6. The molecule has 0 aliphatic carbocycles. The van der Waals surface area contributed by atoms with Crippen molar-refractivity contribution in [3.8, 4) is 0 Å². The molecule has 0 bridgehead atoms. The maximum absolute atomic E-state index is 11.9. The van der Waals surface area contributed by atoms with E-state index in [-0.39, 0.29) is 11.9 Å². The number of aromatic nitrogens is 1. The van der Waals surface area contributed by atoms with Crippen LogP contribution in [0.3, 0.4) is 0 Å². The smallest absolute Gasteiger partial charge is 0.352 e. The number of esters is 2. The van der Waals surface area contributed by atoms with E-state index in [0.717, 1.165) is 30.7 Å². The van der Waals surface area contributed by atoms with E-state index >= 15 is 0 Å². The summed E-state index contributed by atoms with van der Waals surface area (Å²) in [7, 11) is 1.32. The van der Waals surface area contributed by atoms with Gasteiger partial charge in [-0.05, 0) is 19.8 Å². The second-order valence-corrected chi connectivity index (χ2v) is 5.76. The molecule has 1 aromatic heterocycles. The van der Waals surface area contributed by atoms with E-state index in [2.05, 4.69) is 4.98 Å². The van der Waals surface area contributed by atoms with Gasteiger partial charge in [-0.3, -0.25) is 4.79 Å². The Morgan fingerprint density at radius 1 is 1.52 bits per heavy atom. The summed E-state index contributed by atoms with van der Waals surface area (Å²) in [5.41, 5.74) is 5.70. The number of hydrogen-bond acceptors (Lipinski definition) is 8. The van der Waals surface area contributed by atoms with Gasteiger partial charge >= 0.3 is 11.9 Å². The molecule has 0 radical (unpaired) electrons. The Labute approximate surface area is 127 Å². The molecule has 1 atom stereocenters. The highest BCUT2D eigenvalue weighted by Crippen LogP contribution is 2.32. The third-order valence-electron chi connectivity index (χ3n) is 3.34. The third-order valence-corrected chi connectivity index (χ3v) is 4.19. The molecule has 1 saturated heterocycles. The van der Waals surface area contributed by atoms with Gasteiger partial charge in [0, 0.05) is 13.1 Å². The molecule has 1 aliphatic rings. The molecule has 2 rings (SSSR count). The van der Waals surface area contributed by atoms with Gasteiger partial charge in [-0.15, -0.1) is 0 Å². The Bertz CT molecular complexity index is 531. The SMILES string of the molecule is CCOC(=O)C1CCCN(c2nc(N)sc2C(=O)OC)C1. The molecule has 2 N–H and O–H groups in total. The minimum absolute atomic E-state index is 0.202. The van der Waals surface area contributed by atoms with Gasteiger partial charge in [-0.25, -0.2) is 9.78 Å². The van der Waals surface area contributed by atoms with E-state index in [1.165, 1.54) is 7.11 Å². The lowest BCUT2D eigenvalue weighted by Gasteiger charge is -2.32. The lowest BCUT2D eigenvalue weighted by Crippen LogP contribution is -2.40. The molecule has 1 aliphatic heterocycles. The molecule has 1 aromatic rings. The molecule has 1 unspecified atom stereocenters. The van der Waals surface area contributed by atoms with Crippen molar-refractivity contribution in [1.82, 2.24) is 4.98 Å². The Morgan fingerprint density at radius 3 is 2.95 bits per heavy atom. The average Bonchev–Trinajstić information content (AvgIpc) is 2.89. The first-order chi connectivity index (χ1) is 10.1. The maximum atomic E-state index is 11.9. The average molecular weight is 313 g/mol. The van der Waals surface area contributed by atoms with Crippen molar-refractivity contribution in [2.24, 2.45) is 5.92 Å². The molecule has 8 heteroatoms. The molecule has 2 heterocycles. The summed E-state index contributed by atoms with van der Waals surface area (Å²) in [4.78, 5) is 30.1. The van der Waals surface area contributed by atoms with E-state index in [4.69, 9.17) is 15.2 Å². The van der Waals surface area contributed by atoms with Crippen LogP contribution in [0.25, 0.3) is 0 Å². The number of ether oxygens (including phenoxy) is 2. The fourth-order valence-electron chi connectivity index (χ4n) is 2.39. The predicted octanol–water partition coefficient (Wildman–Crippen LogP) is 1.29. The van der Waals surface area contributed by atoms with E-state index in [9.17, 15) is 9.59 Å². The number of rotatable bonds is 4. The number of nitrogens with two attached hydrogens (primary N) is 1. The number of thiazole rings is 1. The van der Waals surface area contributed by atoms with E-state index in [0.29, 0.717) is 29.0 Å². The summed E-state index contributed by atoms with van der Waals surface area (Å²) in [5, 5.41) is 0.309. The zero-order valence-corrected chi connectivity index (χ0v) is 12.9. The molecular weight excluding hydrogens is 294 g/mol. The predicted molar refractivity (Wildman–Crippen MR) is 79.4 cm³/mol. The Hall–Kier alpha value is -1.83. The molecule has 0 amide bonds. The maximum Gasteiger partial charge on any atom is 0.352 e. The number of carbonyl (C=O) groups is 2. The number of anilines is 2. The van der Waals surface area contributed by atoms with Gasteiger partial charge in [-0.2, -0.15) is 0 Å². The molecular formula is C13H19N3O4S. The Balaban J connectivity index is 2.18. The molecule has 7 nitrogen and oxygen atoms in total. The number of nitrogens with zero attached hydrogens (tertiary/aromatic N) is 2. The van der Waals surface area contributed by atoms with Crippen molar-refractivity contribution in [3.05, 3.63) is 4.88 Å². The molecule has 0 spiro atoms. The quantitative estimate of drug-likeness (QED) is 0.837. The van der Waals surface area contributed by atoms with Crippen LogP contribution in [0, 0.1) is 5.92 Å². The normalized spacial score (nSPS) is 18.4. The van der Waals surface area contributed by atoms with Gasteiger partial charge in [-0.1, -0.05) is 11.3 Å². The molecule has 116 valence electrons. The van der Waals surface area contributed by atoms with Gasteiger partial charge < -0.3 is 20.1 Å². The Morgan fingerprint density at radius 2 is 2.29 bits per heavy atom. The summed E-state index contributed by atoms with van der Waals surface area (Å²) in [6.45, 7) is 3.36. The summed E-state index contributed by atoms with van der Waals surface area (Å²) in [6.07, 6.45) is 1.62. The summed E-state index contributed by atoms with van der Waals surface area (Å²) < 4.78 is 9.82. The first-order valence-electron chi connectivity index (χ1n) is 6.83. The van der Waals surface area contributed by atoms with Crippen molar-refractivity contribution in [1.29, 1.82) is 0 Å². The highest BCUT2D eigenvalue weighted by molar-refractivity contribution is 7.17. The van der Waals surface area contributed by atoms with Crippen LogP contribution in [-0.2, 0) is 14.3 Å². The summed E-state index contributed by atoms with van der Waals surface area (Å²) >= 11 is 1.09. The fourth-order valence-corrected chi connectivity index (χ4v) is 3.16. The number of piperidine rings is 1. The van der Waals surface area contributed by atoms with Gasteiger partial charge in [0.1, 0.15) is 0 Å². The standard InChI is InChI=1S/C13H19N3O4S/c1-3-20-11(17)8-5-4-6-16(7-8)10-9(12(18)19-2)21-13(14)15-10/h8H,3-7H2,1-2H3,(H2,14,15). The van der Waals surface area contributed by atoms with E-state index < -0.39 is 5.97 Å². The summed E-state index contributed by atoms with van der Waals surface area (Å²) in [6, 6.07) is 0. The van der Waals surface area contributed by atoms with Crippen LogP contribution in [0.5, 0.6) is 0 Å². The van der Waals surface area contributed by atoms with Gasteiger partial charge in [0.25, 0.3) is 0 Å². The first-order valence-corrected chi connectivity index (χ1v) is 7.64. The van der Waals surface area contributed by atoms with Gasteiger partial charge in [0.2, 0.25) is 0 Å². The lowest BCUT2D eigenvalue weighted by molar-refractivity contribution is -0.148.